The van der Waals surface area contributed by atoms with Crippen molar-refractivity contribution in [2.24, 2.45) is 16.8 Å². The molecule has 0 radical (unpaired) electrons. The number of carbonyl (C=O) groups is 1. The number of rotatable bonds is 11. The minimum absolute atomic E-state index is 0. The van der Waals surface area contributed by atoms with Crippen molar-refractivity contribution in [2.45, 2.75) is 76.5 Å². The maximum absolute atomic E-state index is 12.7. The lowest BCUT2D eigenvalue weighted by molar-refractivity contribution is -0.465. The summed E-state index contributed by atoms with van der Waals surface area (Å²) >= 11 is 0. The molecular weight excluding hydrogens is 684 g/mol. The quantitative estimate of drug-likeness (QED) is 0.0862. The van der Waals surface area contributed by atoms with E-state index in [9.17, 15) is 35.4 Å². The zero-order valence-corrected chi connectivity index (χ0v) is 24.9. The van der Waals surface area contributed by atoms with Crippen LogP contribution in [-0.2, 0) is 32.5 Å². The van der Waals surface area contributed by atoms with Gasteiger partial charge in [0.05, 0.1) is 38.2 Å². The second-order valence-electron chi connectivity index (χ2n) is 9.43. The molecule has 2 fully saturated rings. The molecule has 1 aromatic rings. The third-order valence-corrected chi connectivity index (χ3v) is 6.91. The minimum Gasteiger partial charge on any atom is -0.396 e. The number of aliphatic imine (C=N–C) groups is 1. The van der Waals surface area contributed by atoms with Gasteiger partial charge in [0.25, 0.3) is 0 Å². The van der Waals surface area contributed by atoms with Crippen molar-refractivity contribution < 1.29 is 113 Å². The molecule has 0 spiro atoms. The molecular formula is C23H48N4O22. The summed E-state index contributed by atoms with van der Waals surface area (Å²) in [6.45, 7) is -0.0560. The fourth-order valence-electron chi connectivity index (χ4n) is 4.62. The van der Waals surface area contributed by atoms with Crippen molar-refractivity contribution in [3.63, 3.8) is 0 Å². The van der Waals surface area contributed by atoms with Crippen LogP contribution in [0.1, 0.15) is 32.4 Å². The highest BCUT2D eigenvalue weighted by Gasteiger charge is 2.44. The van der Waals surface area contributed by atoms with Crippen molar-refractivity contribution in [1.29, 1.82) is 0 Å². The van der Waals surface area contributed by atoms with Gasteiger partial charge in [-0.3, -0.25) is 62.4 Å². The highest BCUT2D eigenvalue weighted by molar-refractivity contribution is 6.04. The molecule has 292 valence electrons. The van der Waals surface area contributed by atoms with Gasteiger partial charge in [-0.15, -0.1) is 5.10 Å². The van der Waals surface area contributed by atoms with Crippen molar-refractivity contribution in [3.8, 4) is 0 Å². The van der Waals surface area contributed by atoms with Crippen molar-refractivity contribution in [3.05, 3.63) is 23.7 Å². The number of nitrogens with zero attached hydrogens (tertiary/aromatic N) is 4. The molecule has 1 saturated heterocycles. The van der Waals surface area contributed by atoms with E-state index < -0.39 is 43.2 Å². The molecule has 3 aliphatic rings. The minimum atomic E-state index is -1.46. The molecule has 49 heavy (non-hydrogen) atoms. The van der Waals surface area contributed by atoms with Crippen LogP contribution in [0.4, 0.5) is 0 Å². The van der Waals surface area contributed by atoms with Crippen LogP contribution in [0.5, 0.6) is 0 Å². The number of aromatic nitrogens is 3. The van der Waals surface area contributed by atoms with Crippen LogP contribution < -0.4 is 0 Å². The smallest absolute Gasteiger partial charge is 0.182 e. The summed E-state index contributed by atoms with van der Waals surface area (Å²) < 4.78 is 12.5. The first-order valence-electron chi connectivity index (χ1n) is 13.0. The Balaban J connectivity index is -0.000000644. The van der Waals surface area contributed by atoms with Crippen LogP contribution in [0.3, 0.4) is 0 Å². The topological polar surface area (TPSA) is 452 Å². The van der Waals surface area contributed by atoms with Crippen LogP contribution >= 0.6 is 0 Å². The van der Waals surface area contributed by atoms with Gasteiger partial charge in [-0.2, -0.15) is 0 Å². The summed E-state index contributed by atoms with van der Waals surface area (Å²) in [5.74, 6) is -0.257. The van der Waals surface area contributed by atoms with Gasteiger partial charge in [0.1, 0.15) is 36.7 Å². The molecule has 1 saturated carbocycles. The lowest BCUT2D eigenvalue weighted by atomic mass is 9.72. The number of aliphatic hydroxyl groups is 6. The molecule has 18 N–H and O–H groups in total. The van der Waals surface area contributed by atoms with Crippen molar-refractivity contribution in [2.75, 3.05) is 19.8 Å². The predicted molar refractivity (Wildman–Crippen MR) is 157 cm³/mol. The van der Waals surface area contributed by atoms with Gasteiger partial charge in [0, 0.05) is 42.9 Å². The molecule has 0 amide bonds. The first-order valence-corrected chi connectivity index (χ1v) is 13.0. The number of Topliss-reactive ketones (excluding diaryl/α,β-unsaturated/α-hetero) is 1. The maximum atomic E-state index is 12.7. The fraction of sp³-hybridized carbons (Fsp3) is 0.739. The number of ether oxygens (including phenoxy) is 2. The van der Waals surface area contributed by atoms with E-state index in [-0.39, 0.29) is 57.6 Å². The second kappa shape index (κ2) is 32.6. The van der Waals surface area contributed by atoms with Gasteiger partial charge in [0.2, 0.25) is 0 Å². The van der Waals surface area contributed by atoms with Crippen molar-refractivity contribution >= 4 is 11.5 Å². The van der Waals surface area contributed by atoms with E-state index in [1.165, 1.54) is 10.9 Å². The molecule has 8 atom stereocenters. The van der Waals surface area contributed by atoms with Gasteiger partial charge < -0.3 is 40.1 Å². The van der Waals surface area contributed by atoms with Gasteiger partial charge in [-0.1, -0.05) is 17.7 Å². The Kier molecular flexibility index (Phi) is 35.4. The summed E-state index contributed by atoms with van der Waals surface area (Å²) in [4.78, 5) is 16.9. The highest BCUT2D eigenvalue weighted by Crippen LogP contribution is 2.34. The number of aliphatic hydroxyl groups excluding tert-OH is 6. The van der Waals surface area contributed by atoms with E-state index in [1.54, 1.807) is 6.20 Å². The van der Waals surface area contributed by atoms with Gasteiger partial charge >= 0.3 is 0 Å². The van der Waals surface area contributed by atoms with E-state index in [0.717, 1.165) is 0 Å². The predicted octanol–water partition coefficient (Wildman–Crippen LogP) is -2.01. The molecule has 26 nitrogen and oxygen atoms in total. The zero-order chi connectivity index (χ0) is 37.8. The first kappa shape index (κ1) is 53.2. The molecule has 26 heteroatoms. The molecule has 4 rings (SSSR count). The number of allylic oxidation sites excluding steroid dienone is 1. The Morgan fingerprint density at radius 3 is 1.94 bits per heavy atom. The second-order valence-corrected chi connectivity index (χ2v) is 9.43. The first-order chi connectivity index (χ1) is 23.2. The largest absolute Gasteiger partial charge is 0.396 e. The standard InChI is InChI=1S/C22H32N4O9.CH4.H2O3.5H2O2/c27-7-12-2-16(29)15(12)10-34-9-14-5-26(25-24-14)6-17(30)11-1-13(23-4-11)3-18-20(31)22(33)21(32)19(8-28)35-18;;1-3-2;5*1-2/h4-5,12,15-16,18-22,27-29,31-33H,1-3,6-10H2;1H4;1-2H;5*1-2H. The average Bonchev–Trinajstić information content (AvgIpc) is 3.80. The van der Waals surface area contributed by atoms with E-state index in [2.05, 4.69) is 20.3 Å². The molecule has 3 heterocycles. The van der Waals surface area contributed by atoms with Gasteiger partial charge in [-0.25, -0.2) is 15.2 Å². The Hall–Kier alpha value is -2.62. The summed E-state index contributed by atoms with van der Waals surface area (Å²) in [6, 6.07) is 0. The summed E-state index contributed by atoms with van der Waals surface area (Å²) in [6.07, 6.45) is -2.56. The number of hydrogen-bond acceptors (Lipinski definition) is 25. The van der Waals surface area contributed by atoms with Crippen molar-refractivity contribution in [1.82, 2.24) is 15.0 Å². The van der Waals surface area contributed by atoms with E-state index in [0.29, 0.717) is 30.0 Å². The monoisotopic (exact) mass is 732 g/mol. The summed E-state index contributed by atoms with van der Waals surface area (Å²) in [5.41, 5.74) is 1.56. The zero-order valence-electron chi connectivity index (χ0n) is 24.9. The third kappa shape index (κ3) is 17.7. The molecule has 8 unspecified atom stereocenters. The fourth-order valence-corrected chi connectivity index (χ4v) is 4.62. The molecule has 1 aromatic heterocycles. The SMILES string of the molecule is C.O=C(Cn1cc(COCC2C(O)CC2CO)nn1)C1=CN=C(CC2OC(CO)C(O)C(O)C2O)C1.OO.OO.OO.OO.OO.OOO. The number of carbonyl (C=O) groups excluding carboxylic acids is 1. The van der Waals surface area contributed by atoms with Crippen LogP contribution in [0.15, 0.2) is 23.0 Å². The van der Waals surface area contributed by atoms with Crippen LogP contribution in [0.2, 0.25) is 0 Å². The Morgan fingerprint density at radius 1 is 0.878 bits per heavy atom. The Labute approximate surface area is 276 Å². The Morgan fingerprint density at radius 2 is 1.43 bits per heavy atom. The average molecular weight is 733 g/mol. The lowest BCUT2D eigenvalue weighted by Crippen LogP contribution is -2.58. The van der Waals surface area contributed by atoms with E-state index >= 15 is 0 Å². The maximum Gasteiger partial charge on any atom is 0.182 e. The van der Waals surface area contributed by atoms with E-state index in [1.807, 2.05) is 0 Å². The van der Waals surface area contributed by atoms with Gasteiger partial charge in [0.15, 0.2) is 5.78 Å². The molecule has 0 bridgehead atoms. The molecule has 0 aromatic carbocycles. The number of hydrogen-bond donors (Lipinski definition) is 18. The van der Waals surface area contributed by atoms with Crippen LogP contribution in [-0.4, -0.2) is 177 Å². The molecule has 2 aliphatic heterocycles. The van der Waals surface area contributed by atoms with Crippen LogP contribution in [0, 0.1) is 11.8 Å². The summed E-state index contributed by atoms with van der Waals surface area (Å²) in [7, 11) is 0. The molecule has 1 aliphatic carbocycles. The third-order valence-electron chi connectivity index (χ3n) is 6.91. The number of ketones is 1. The van der Waals surface area contributed by atoms with E-state index in [4.69, 9.17) is 72.6 Å². The summed E-state index contributed by atoms with van der Waals surface area (Å²) in [5, 5.41) is 142. The van der Waals surface area contributed by atoms with Gasteiger partial charge in [-0.05, 0) is 12.3 Å². The highest BCUT2D eigenvalue weighted by atomic mass is 17.4. The normalized spacial score (nSPS) is 25.9. The lowest BCUT2D eigenvalue weighted by Gasteiger charge is -2.40. The Bertz CT molecular complexity index is 985. The van der Waals surface area contributed by atoms with Crippen LogP contribution in [0.25, 0.3) is 0 Å².